The van der Waals surface area contributed by atoms with Crippen molar-refractivity contribution < 1.29 is 19.3 Å². The van der Waals surface area contributed by atoms with Gasteiger partial charge >= 0.3 is 0 Å². The third kappa shape index (κ3) is 3.79. The second-order valence-corrected chi connectivity index (χ2v) is 3.64. The predicted octanol–water partition coefficient (Wildman–Crippen LogP) is 2.03. The zero-order valence-corrected chi connectivity index (χ0v) is 9.32. The summed E-state index contributed by atoms with van der Waals surface area (Å²) in [4.78, 5) is 0. The average molecular weight is 228 g/mol. The number of halogens is 1. The van der Waals surface area contributed by atoms with Crippen LogP contribution in [0.4, 0.5) is 4.39 Å². The van der Waals surface area contributed by atoms with Gasteiger partial charge in [0.05, 0.1) is 12.7 Å². The van der Waals surface area contributed by atoms with Crippen molar-refractivity contribution in [1.82, 2.24) is 0 Å². The third-order valence-corrected chi connectivity index (χ3v) is 2.24. The van der Waals surface area contributed by atoms with Crippen LogP contribution in [0.3, 0.4) is 0 Å². The monoisotopic (exact) mass is 228 g/mol. The number of aliphatic hydroxyl groups is 2. The zero-order valence-electron chi connectivity index (χ0n) is 9.32. The molecule has 0 aliphatic rings. The summed E-state index contributed by atoms with van der Waals surface area (Å²) >= 11 is 0. The fraction of sp³-hybridized carbons (Fsp3) is 0.500. The van der Waals surface area contributed by atoms with Crippen LogP contribution in [0.5, 0.6) is 5.75 Å². The summed E-state index contributed by atoms with van der Waals surface area (Å²) in [5, 5.41) is 18.1. The smallest absolute Gasteiger partial charge is 0.127 e. The third-order valence-electron chi connectivity index (χ3n) is 2.24. The Morgan fingerprint density at radius 2 is 2.12 bits per heavy atom. The molecule has 1 aromatic carbocycles. The summed E-state index contributed by atoms with van der Waals surface area (Å²) in [6.45, 7) is 2.13. The van der Waals surface area contributed by atoms with Gasteiger partial charge in [-0.25, -0.2) is 4.39 Å². The van der Waals surface area contributed by atoms with Gasteiger partial charge in [-0.05, 0) is 31.9 Å². The largest absolute Gasteiger partial charge is 0.493 e. The predicted molar refractivity (Wildman–Crippen MR) is 58.8 cm³/mol. The lowest BCUT2D eigenvalue weighted by Crippen LogP contribution is -2.03. The van der Waals surface area contributed by atoms with E-state index in [0.29, 0.717) is 30.8 Å². The van der Waals surface area contributed by atoms with Gasteiger partial charge < -0.3 is 14.9 Å². The Kier molecular flexibility index (Phi) is 5.22. The first kappa shape index (κ1) is 12.9. The highest BCUT2D eigenvalue weighted by atomic mass is 19.1. The molecular weight excluding hydrogens is 211 g/mol. The van der Waals surface area contributed by atoms with E-state index in [9.17, 15) is 9.50 Å². The van der Waals surface area contributed by atoms with E-state index in [4.69, 9.17) is 9.84 Å². The molecule has 90 valence electrons. The Morgan fingerprint density at radius 3 is 2.75 bits per heavy atom. The molecule has 0 aromatic heterocycles. The molecule has 1 rings (SSSR count). The first-order chi connectivity index (χ1) is 7.65. The molecule has 3 nitrogen and oxygen atoms in total. The van der Waals surface area contributed by atoms with E-state index < -0.39 is 6.10 Å². The molecule has 0 bridgehead atoms. The molecule has 16 heavy (non-hydrogen) atoms. The minimum absolute atomic E-state index is 0.121. The van der Waals surface area contributed by atoms with Crippen LogP contribution < -0.4 is 4.74 Å². The number of benzene rings is 1. The lowest BCUT2D eigenvalue weighted by atomic mass is 10.1. The summed E-state index contributed by atoms with van der Waals surface area (Å²) in [6.07, 6.45) is 0.666. The zero-order chi connectivity index (χ0) is 12.0. The molecule has 0 saturated heterocycles. The van der Waals surface area contributed by atoms with Gasteiger partial charge in [0.25, 0.3) is 0 Å². The molecule has 0 amide bonds. The molecule has 1 unspecified atom stereocenters. The summed E-state index contributed by atoms with van der Waals surface area (Å²) in [5.74, 6) is -0.0190. The molecule has 0 aliphatic carbocycles. The molecule has 1 aromatic rings. The Labute approximate surface area is 94.5 Å². The normalized spacial score (nSPS) is 12.5. The highest BCUT2D eigenvalue weighted by molar-refractivity contribution is 5.35. The van der Waals surface area contributed by atoms with Crippen LogP contribution in [0.25, 0.3) is 0 Å². The standard InChI is InChI=1S/C12H17FO3/c1-9(15)11-5-4-10(13)8-12(11)16-7-3-2-6-14/h4-5,8-9,14-15H,2-3,6-7H2,1H3. The van der Waals surface area contributed by atoms with Gasteiger partial charge in [0, 0.05) is 18.2 Å². The Bertz CT molecular complexity index is 326. The van der Waals surface area contributed by atoms with Crippen LogP contribution >= 0.6 is 0 Å². The van der Waals surface area contributed by atoms with Crippen molar-refractivity contribution in [2.45, 2.75) is 25.9 Å². The van der Waals surface area contributed by atoms with E-state index in [1.807, 2.05) is 0 Å². The molecular formula is C12H17FO3. The minimum Gasteiger partial charge on any atom is -0.493 e. The fourth-order valence-corrected chi connectivity index (χ4v) is 1.37. The molecule has 0 spiro atoms. The average Bonchev–Trinajstić information content (AvgIpc) is 2.24. The lowest BCUT2D eigenvalue weighted by Gasteiger charge is -2.13. The molecule has 4 heteroatoms. The highest BCUT2D eigenvalue weighted by Gasteiger charge is 2.10. The maximum absolute atomic E-state index is 13.0. The number of hydrogen-bond acceptors (Lipinski definition) is 3. The number of rotatable bonds is 6. The van der Waals surface area contributed by atoms with E-state index in [1.54, 1.807) is 6.92 Å². The van der Waals surface area contributed by atoms with Gasteiger partial charge in [-0.3, -0.25) is 0 Å². The molecule has 2 N–H and O–H groups in total. The summed E-state index contributed by atoms with van der Waals surface area (Å²) < 4.78 is 18.4. The topological polar surface area (TPSA) is 49.7 Å². The summed E-state index contributed by atoms with van der Waals surface area (Å²) in [7, 11) is 0. The molecule has 0 aliphatic heterocycles. The number of ether oxygens (including phenoxy) is 1. The van der Waals surface area contributed by atoms with Gasteiger partial charge in [0.1, 0.15) is 11.6 Å². The van der Waals surface area contributed by atoms with Gasteiger partial charge in [-0.2, -0.15) is 0 Å². The van der Waals surface area contributed by atoms with Gasteiger partial charge in [0.2, 0.25) is 0 Å². The maximum atomic E-state index is 13.0. The van der Waals surface area contributed by atoms with Crippen molar-refractivity contribution in [1.29, 1.82) is 0 Å². The van der Waals surface area contributed by atoms with E-state index in [0.717, 1.165) is 0 Å². The van der Waals surface area contributed by atoms with Crippen molar-refractivity contribution in [2.24, 2.45) is 0 Å². The Balaban J connectivity index is 2.65. The van der Waals surface area contributed by atoms with Crippen LogP contribution in [0.2, 0.25) is 0 Å². The van der Waals surface area contributed by atoms with Crippen LogP contribution in [0, 0.1) is 5.82 Å². The fourth-order valence-electron chi connectivity index (χ4n) is 1.37. The first-order valence-electron chi connectivity index (χ1n) is 5.36. The lowest BCUT2D eigenvalue weighted by molar-refractivity contribution is 0.189. The number of aliphatic hydroxyl groups excluding tert-OH is 2. The highest BCUT2D eigenvalue weighted by Crippen LogP contribution is 2.26. The van der Waals surface area contributed by atoms with E-state index >= 15 is 0 Å². The van der Waals surface area contributed by atoms with Crippen molar-refractivity contribution in [2.75, 3.05) is 13.2 Å². The van der Waals surface area contributed by atoms with E-state index in [2.05, 4.69) is 0 Å². The van der Waals surface area contributed by atoms with Gasteiger partial charge in [-0.1, -0.05) is 0 Å². The van der Waals surface area contributed by atoms with Crippen molar-refractivity contribution in [3.05, 3.63) is 29.6 Å². The molecule has 0 saturated carbocycles. The number of hydrogen-bond donors (Lipinski definition) is 2. The van der Waals surface area contributed by atoms with Crippen molar-refractivity contribution in [3.8, 4) is 5.75 Å². The summed E-state index contributed by atoms with van der Waals surface area (Å²) in [6, 6.07) is 4.07. The van der Waals surface area contributed by atoms with Crippen LogP contribution in [0.1, 0.15) is 31.4 Å². The van der Waals surface area contributed by atoms with Crippen molar-refractivity contribution >= 4 is 0 Å². The van der Waals surface area contributed by atoms with E-state index in [1.165, 1.54) is 18.2 Å². The van der Waals surface area contributed by atoms with Gasteiger partial charge in [-0.15, -0.1) is 0 Å². The Morgan fingerprint density at radius 1 is 1.38 bits per heavy atom. The quantitative estimate of drug-likeness (QED) is 0.732. The first-order valence-corrected chi connectivity index (χ1v) is 5.36. The molecule has 0 radical (unpaired) electrons. The summed E-state index contributed by atoms with van der Waals surface area (Å²) in [5.41, 5.74) is 0.574. The van der Waals surface area contributed by atoms with Gasteiger partial charge in [0.15, 0.2) is 0 Å². The van der Waals surface area contributed by atoms with E-state index in [-0.39, 0.29) is 12.4 Å². The maximum Gasteiger partial charge on any atom is 0.127 e. The van der Waals surface area contributed by atoms with Crippen LogP contribution in [-0.4, -0.2) is 23.4 Å². The molecule has 0 heterocycles. The second-order valence-electron chi connectivity index (χ2n) is 3.64. The Hall–Kier alpha value is -1.13. The minimum atomic E-state index is -0.687. The molecule has 1 atom stereocenters. The van der Waals surface area contributed by atoms with Crippen LogP contribution in [0.15, 0.2) is 18.2 Å². The molecule has 0 fully saturated rings. The number of unbranched alkanes of at least 4 members (excludes halogenated alkanes) is 1. The van der Waals surface area contributed by atoms with Crippen molar-refractivity contribution in [3.63, 3.8) is 0 Å². The van der Waals surface area contributed by atoms with Crippen LogP contribution in [-0.2, 0) is 0 Å². The SMILES string of the molecule is CC(O)c1ccc(F)cc1OCCCCO. The second kappa shape index (κ2) is 6.45.